The number of hydrogen-bond acceptors (Lipinski definition) is 1. The fourth-order valence-corrected chi connectivity index (χ4v) is 2.32. The Hall–Kier alpha value is -0.240. The van der Waals surface area contributed by atoms with Gasteiger partial charge in [0.05, 0.1) is 0 Å². The second kappa shape index (κ2) is 3.87. The van der Waals surface area contributed by atoms with Crippen molar-refractivity contribution in [2.75, 3.05) is 13.1 Å². The van der Waals surface area contributed by atoms with Crippen molar-refractivity contribution >= 4 is 23.2 Å². The van der Waals surface area contributed by atoms with E-state index in [9.17, 15) is 0 Å². The lowest BCUT2D eigenvalue weighted by Crippen LogP contribution is -2.08. The molecule has 1 aliphatic heterocycles. The van der Waals surface area contributed by atoms with E-state index in [1.807, 2.05) is 18.2 Å². The van der Waals surface area contributed by atoms with Gasteiger partial charge in [-0.3, -0.25) is 0 Å². The highest BCUT2D eigenvalue weighted by molar-refractivity contribution is 6.35. The molecule has 0 radical (unpaired) electrons. The average Bonchev–Trinajstić information content (AvgIpc) is 2.56. The van der Waals surface area contributed by atoms with Gasteiger partial charge >= 0.3 is 0 Å². The Morgan fingerprint density at radius 1 is 1.31 bits per heavy atom. The quantitative estimate of drug-likeness (QED) is 0.760. The van der Waals surface area contributed by atoms with Gasteiger partial charge in [0.1, 0.15) is 0 Å². The third kappa shape index (κ3) is 1.98. The van der Waals surface area contributed by atoms with Gasteiger partial charge in [-0.05, 0) is 36.6 Å². The molecule has 0 spiro atoms. The molecule has 0 amide bonds. The van der Waals surface area contributed by atoms with Crippen LogP contribution in [0.3, 0.4) is 0 Å². The van der Waals surface area contributed by atoms with Crippen LogP contribution in [-0.4, -0.2) is 13.1 Å². The molecule has 1 heterocycles. The average molecular weight is 216 g/mol. The SMILES string of the molecule is Clc1ccc(C2CCNC2)c(Cl)c1. The van der Waals surface area contributed by atoms with Crippen LogP contribution >= 0.6 is 23.2 Å². The van der Waals surface area contributed by atoms with Crippen LogP contribution in [-0.2, 0) is 0 Å². The highest BCUT2D eigenvalue weighted by Gasteiger charge is 2.18. The number of nitrogens with one attached hydrogen (secondary N) is 1. The molecule has 1 saturated heterocycles. The van der Waals surface area contributed by atoms with Gasteiger partial charge in [-0.25, -0.2) is 0 Å². The second-order valence-electron chi connectivity index (χ2n) is 3.36. The topological polar surface area (TPSA) is 12.0 Å². The van der Waals surface area contributed by atoms with Gasteiger partial charge < -0.3 is 5.32 Å². The van der Waals surface area contributed by atoms with E-state index in [1.165, 1.54) is 12.0 Å². The largest absolute Gasteiger partial charge is 0.316 e. The molecule has 0 bridgehead atoms. The highest BCUT2D eigenvalue weighted by Crippen LogP contribution is 2.30. The van der Waals surface area contributed by atoms with Crippen LogP contribution in [0.15, 0.2) is 18.2 Å². The minimum atomic E-state index is 0.560. The third-order valence-corrected chi connectivity index (χ3v) is 3.03. The van der Waals surface area contributed by atoms with Crippen molar-refractivity contribution in [3.8, 4) is 0 Å². The summed E-state index contributed by atoms with van der Waals surface area (Å²) in [5, 5.41) is 4.82. The van der Waals surface area contributed by atoms with Gasteiger partial charge in [0.2, 0.25) is 0 Å². The molecule has 0 aromatic heterocycles. The maximum atomic E-state index is 6.10. The summed E-state index contributed by atoms with van der Waals surface area (Å²) in [6, 6.07) is 5.75. The van der Waals surface area contributed by atoms with Crippen molar-refractivity contribution in [3.05, 3.63) is 33.8 Å². The lowest BCUT2D eigenvalue weighted by atomic mass is 9.99. The molecule has 70 valence electrons. The van der Waals surface area contributed by atoms with Crippen LogP contribution in [0.1, 0.15) is 17.9 Å². The fourth-order valence-electron chi connectivity index (χ4n) is 1.75. The molecule has 1 aliphatic rings. The Balaban J connectivity index is 2.29. The van der Waals surface area contributed by atoms with Gasteiger partial charge in [-0.2, -0.15) is 0 Å². The van der Waals surface area contributed by atoms with Gasteiger partial charge in [0, 0.05) is 16.6 Å². The summed E-state index contributed by atoms with van der Waals surface area (Å²) in [7, 11) is 0. The Morgan fingerprint density at radius 3 is 2.77 bits per heavy atom. The standard InChI is InChI=1S/C10H11Cl2N/c11-8-1-2-9(10(12)5-8)7-3-4-13-6-7/h1-2,5,7,13H,3-4,6H2. The Kier molecular flexibility index (Phi) is 2.77. The first kappa shape index (κ1) is 9.32. The zero-order valence-electron chi connectivity index (χ0n) is 7.19. The van der Waals surface area contributed by atoms with E-state index in [0.717, 1.165) is 18.1 Å². The molecule has 1 N–H and O–H groups in total. The van der Waals surface area contributed by atoms with E-state index in [-0.39, 0.29) is 0 Å². The highest BCUT2D eigenvalue weighted by atomic mass is 35.5. The van der Waals surface area contributed by atoms with Crippen molar-refractivity contribution in [2.45, 2.75) is 12.3 Å². The van der Waals surface area contributed by atoms with Crippen LogP contribution in [0.5, 0.6) is 0 Å². The van der Waals surface area contributed by atoms with E-state index in [4.69, 9.17) is 23.2 Å². The molecule has 1 aromatic rings. The Morgan fingerprint density at radius 2 is 2.15 bits per heavy atom. The summed E-state index contributed by atoms with van der Waals surface area (Å²) in [4.78, 5) is 0. The van der Waals surface area contributed by atoms with Gasteiger partial charge in [0.15, 0.2) is 0 Å². The second-order valence-corrected chi connectivity index (χ2v) is 4.20. The van der Waals surface area contributed by atoms with Gasteiger partial charge in [0.25, 0.3) is 0 Å². The van der Waals surface area contributed by atoms with E-state index in [1.54, 1.807) is 0 Å². The first-order chi connectivity index (χ1) is 6.27. The van der Waals surface area contributed by atoms with Crippen molar-refractivity contribution in [3.63, 3.8) is 0 Å². The fraction of sp³-hybridized carbons (Fsp3) is 0.400. The summed E-state index contributed by atoms with van der Waals surface area (Å²) >= 11 is 11.9. The Bertz CT molecular complexity index is 306. The van der Waals surface area contributed by atoms with Crippen LogP contribution in [0, 0.1) is 0 Å². The summed E-state index contributed by atoms with van der Waals surface area (Å²) in [5.41, 5.74) is 1.22. The van der Waals surface area contributed by atoms with Crippen LogP contribution in [0.2, 0.25) is 10.0 Å². The molecule has 1 aromatic carbocycles. The predicted molar refractivity (Wildman–Crippen MR) is 56.7 cm³/mol. The molecule has 3 heteroatoms. The zero-order chi connectivity index (χ0) is 9.26. The summed E-state index contributed by atoms with van der Waals surface area (Å²) in [6.45, 7) is 2.12. The summed E-state index contributed by atoms with van der Waals surface area (Å²) in [5.74, 6) is 0.560. The normalized spacial score (nSPS) is 22.2. The van der Waals surface area contributed by atoms with Gasteiger partial charge in [-0.1, -0.05) is 29.3 Å². The minimum Gasteiger partial charge on any atom is -0.316 e. The number of hydrogen-bond donors (Lipinski definition) is 1. The van der Waals surface area contributed by atoms with Crippen LogP contribution < -0.4 is 5.32 Å². The third-order valence-electron chi connectivity index (χ3n) is 2.46. The number of benzene rings is 1. The van der Waals surface area contributed by atoms with Crippen molar-refractivity contribution in [2.24, 2.45) is 0 Å². The maximum Gasteiger partial charge on any atom is 0.0456 e. The van der Waals surface area contributed by atoms with Crippen molar-refractivity contribution in [1.29, 1.82) is 0 Å². The molecule has 0 saturated carbocycles. The monoisotopic (exact) mass is 215 g/mol. The van der Waals surface area contributed by atoms with Crippen molar-refractivity contribution in [1.82, 2.24) is 5.32 Å². The lowest BCUT2D eigenvalue weighted by molar-refractivity contribution is 0.764. The number of rotatable bonds is 1. The Labute approximate surface area is 88.0 Å². The molecule has 1 atom stereocenters. The van der Waals surface area contributed by atoms with Gasteiger partial charge in [-0.15, -0.1) is 0 Å². The molecular formula is C10H11Cl2N. The van der Waals surface area contributed by atoms with E-state index >= 15 is 0 Å². The van der Waals surface area contributed by atoms with E-state index < -0.39 is 0 Å². The van der Waals surface area contributed by atoms with Crippen LogP contribution in [0.25, 0.3) is 0 Å². The molecule has 0 aliphatic carbocycles. The lowest BCUT2D eigenvalue weighted by Gasteiger charge is -2.10. The van der Waals surface area contributed by atoms with E-state index in [2.05, 4.69) is 5.32 Å². The van der Waals surface area contributed by atoms with Crippen molar-refractivity contribution < 1.29 is 0 Å². The number of halogens is 2. The summed E-state index contributed by atoms with van der Waals surface area (Å²) < 4.78 is 0. The molecular weight excluding hydrogens is 205 g/mol. The predicted octanol–water partition coefficient (Wildman–Crippen LogP) is 3.07. The molecule has 1 unspecified atom stereocenters. The van der Waals surface area contributed by atoms with E-state index in [0.29, 0.717) is 10.9 Å². The first-order valence-corrected chi connectivity index (χ1v) is 5.18. The summed E-state index contributed by atoms with van der Waals surface area (Å²) in [6.07, 6.45) is 1.17. The molecule has 1 fully saturated rings. The molecule has 2 rings (SSSR count). The maximum absolute atomic E-state index is 6.10. The molecule has 1 nitrogen and oxygen atoms in total. The zero-order valence-corrected chi connectivity index (χ0v) is 8.70. The smallest absolute Gasteiger partial charge is 0.0456 e. The molecule has 13 heavy (non-hydrogen) atoms. The van der Waals surface area contributed by atoms with Crippen LogP contribution in [0.4, 0.5) is 0 Å². The minimum absolute atomic E-state index is 0.560. The first-order valence-electron chi connectivity index (χ1n) is 4.43.